The molecular weight excluding hydrogens is 218 g/mol. The maximum atomic E-state index is 10.3. The van der Waals surface area contributed by atoms with Crippen LogP contribution in [-0.4, -0.2) is 29.3 Å². The average molecular weight is 235 g/mol. The fourth-order valence-electron chi connectivity index (χ4n) is 1.41. The van der Waals surface area contributed by atoms with Gasteiger partial charge in [0.2, 0.25) is 0 Å². The molecule has 0 amide bonds. The second-order valence-corrected chi connectivity index (χ2v) is 3.84. The van der Waals surface area contributed by atoms with E-state index in [9.17, 15) is 4.79 Å². The van der Waals surface area contributed by atoms with Crippen LogP contribution < -0.4 is 0 Å². The summed E-state index contributed by atoms with van der Waals surface area (Å²) in [5, 5.41) is 8.50. The number of aromatic nitrogens is 1. The molecule has 0 saturated carbocycles. The minimum Gasteiger partial charge on any atom is -0.478 e. The zero-order chi connectivity index (χ0) is 12.5. The Labute approximate surface area is 101 Å². The number of pyridine rings is 1. The molecule has 0 unspecified atom stereocenters. The monoisotopic (exact) mass is 235 g/mol. The Morgan fingerprint density at radius 2 is 2.18 bits per heavy atom. The van der Waals surface area contributed by atoms with Crippen LogP contribution in [0.5, 0.6) is 0 Å². The van der Waals surface area contributed by atoms with Crippen LogP contribution in [0.25, 0.3) is 0 Å². The first-order chi connectivity index (χ1) is 8.18. The fourth-order valence-corrected chi connectivity index (χ4v) is 1.41. The molecular formula is C13H17NO3. The molecule has 17 heavy (non-hydrogen) atoms. The van der Waals surface area contributed by atoms with Crippen molar-refractivity contribution in [3.63, 3.8) is 0 Å². The van der Waals surface area contributed by atoms with E-state index in [0.29, 0.717) is 13.2 Å². The first-order valence-electron chi connectivity index (χ1n) is 5.55. The van der Waals surface area contributed by atoms with E-state index in [4.69, 9.17) is 9.84 Å². The third-order valence-electron chi connectivity index (χ3n) is 2.20. The minimum atomic E-state index is -0.928. The smallest absolute Gasteiger partial charge is 0.328 e. The van der Waals surface area contributed by atoms with Crippen LogP contribution in [0.4, 0.5) is 0 Å². The fraction of sp³-hybridized carbons (Fsp3) is 0.385. The van der Waals surface area contributed by atoms with Gasteiger partial charge in [-0.1, -0.05) is 0 Å². The van der Waals surface area contributed by atoms with Gasteiger partial charge < -0.3 is 9.84 Å². The molecule has 4 heteroatoms. The summed E-state index contributed by atoms with van der Waals surface area (Å²) in [5.74, 6) is -0.928. The highest BCUT2D eigenvalue weighted by molar-refractivity contribution is 5.80. The van der Waals surface area contributed by atoms with Crippen molar-refractivity contribution in [3.05, 3.63) is 41.7 Å². The highest BCUT2D eigenvalue weighted by Crippen LogP contribution is 2.01. The molecule has 0 radical (unpaired) electrons. The number of aliphatic carboxylic acids is 1. The summed E-state index contributed by atoms with van der Waals surface area (Å²) >= 11 is 0. The highest BCUT2D eigenvalue weighted by atomic mass is 16.5. The van der Waals surface area contributed by atoms with Crippen LogP contribution in [0, 0.1) is 0 Å². The molecule has 0 saturated heterocycles. The Balaban J connectivity index is 2.11. The number of carbonyl (C=O) groups is 1. The predicted molar refractivity (Wildman–Crippen MR) is 64.8 cm³/mol. The summed E-state index contributed by atoms with van der Waals surface area (Å²) in [6.07, 6.45) is 6.59. The van der Waals surface area contributed by atoms with Crippen LogP contribution in [0.15, 0.2) is 36.2 Å². The lowest BCUT2D eigenvalue weighted by Gasteiger charge is -2.04. The van der Waals surface area contributed by atoms with E-state index in [1.807, 2.05) is 12.1 Å². The van der Waals surface area contributed by atoms with Crippen molar-refractivity contribution in [2.45, 2.75) is 19.8 Å². The second kappa shape index (κ2) is 7.57. The molecule has 0 spiro atoms. The topological polar surface area (TPSA) is 59.4 Å². The van der Waals surface area contributed by atoms with Gasteiger partial charge >= 0.3 is 5.97 Å². The average Bonchev–Trinajstić information content (AvgIpc) is 2.29. The third-order valence-corrected chi connectivity index (χ3v) is 2.20. The van der Waals surface area contributed by atoms with Gasteiger partial charge in [0.1, 0.15) is 0 Å². The quantitative estimate of drug-likeness (QED) is 0.580. The molecule has 0 aliphatic heterocycles. The predicted octanol–water partition coefficient (Wildman–Crippen LogP) is 2.06. The molecule has 0 aliphatic rings. The van der Waals surface area contributed by atoms with Gasteiger partial charge in [0.05, 0.1) is 6.61 Å². The molecule has 0 fully saturated rings. The van der Waals surface area contributed by atoms with Crippen LogP contribution in [0.3, 0.4) is 0 Å². The number of nitrogens with zero attached hydrogens (tertiary/aromatic N) is 1. The third kappa shape index (κ3) is 6.48. The van der Waals surface area contributed by atoms with E-state index in [1.54, 1.807) is 19.3 Å². The second-order valence-electron chi connectivity index (χ2n) is 3.84. The highest BCUT2D eigenvalue weighted by Gasteiger charge is 1.96. The molecule has 92 valence electrons. The first kappa shape index (κ1) is 13.4. The Bertz CT molecular complexity index is 374. The van der Waals surface area contributed by atoms with Gasteiger partial charge in [-0.2, -0.15) is 0 Å². The Kier molecular flexibility index (Phi) is 5.96. The molecule has 1 aromatic heterocycles. The summed E-state index contributed by atoms with van der Waals surface area (Å²) < 4.78 is 5.37. The standard InChI is InChI=1S/C13H17NO3/c1-11(9-13(15)16)10-17-8-2-3-12-4-6-14-7-5-12/h4-7,9H,2-3,8,10H2,1H3,(H,15,16)/b11-9-. The molecule has 1 rings (SSSR count). The first-order valence-corrected chi connectivity index (χ1v) is 5.55. The van der Waals surface area contributed by atoms with E-state index >= 15 is 0 Å². The minimum absolute atomic E-state index is 0.378. The maximum Gasteiger partial charge on any atom is 0.328 e. The maximum absolute atomic E-state index is 10.3. The van der Waals surface area contributed by atoms with Gasteiger partial charge in [-0.3, -0.25) is 4.98 Å². The number of hydrogen-bond acceptors (Lipinski definition) is 3. The number of carboxylic acids is 1. The summed E-state index contributed by atoms with van der Waals surface area (Å²) in [4.78, 5) is 14.3. The van der Waals surface area contributed by atoms with Crippen molar-refractivity contribution in [2.75, 3.05) is 13.2 Å². The van der Waals surface area contributed by atoms with Crippen LogP contribution in [-0.2, 0) is 16.0 Å². The number of aryl methyl sites for hydroxylation is 1. The number of ether oxygens (including phenoxy) is 1. The van der Waals surface area contributed by atoms with Crippen molar-refractivity contribution >= 4 is 5.97 Å². The summed E-state index contributed by atoms with van der Waals surface area (Å²) in [6.45, 7) is 2.76. The van der Waals surface area contributed by atoms with Crippen molar-refractivity contribution in [3.8, 4) is 0 Å². The largest absolute Gasteiger partial charge is 0.478 e. The molecule has 0 aliphatic carbocycles. The van der Waals surface area contributed by atoms with Crippen LogP contribution in [0.2, 0.25) is 0 Å². The summed E-state index contributed by atoms with van der Waals surface area (Å²) in [7, 11) is 0. The Hall–Kier alpha value is -1.68. The number of carboxylic acid groups (broad SMARTS) is 1. The van der Waals surface area contributed by atoms with Gasteiger partial charge in [0.25, 0.3) is 0 Å². The van der Waals surface area contributed by atoms with Gasteiger partial charge in [0.15, 0.2) is 0 Å². The lowest BCUT2D eigenvalue weighted by molar-refractivity contribution is -0.131. The van der Waals surface area contributed by atoms with Crippen LogP contribution >= 0.6 is 0 Å². The molecule has 1 N–H and O–H groups in total. The lowest BCUT2D eigenvalue weighted by atomic mass is 10.1. The van der Waals surface area contributed by atoms with E-state index in [-0.39, 0.29) is 0 Å². The normalized spacial score (nSPS) is 11.5. The van der Waals surface area contributed by atoms with E-state index in [2.05, 4.69) is 4.98 Å². The van der Waals surface area contributed by atoms with Gasteiger partial charge in [-0.25, -0.2) is 4.79 Å². The molecule has 0 atom stereocenters. The molecule has 0 bridgehead atoms. The van der Waals surface area contributed by atoms with Gasteiger partial charge in [-0.15, -0.1) is 0 Å². The Morgan fingerprint density at radius 1 is 1.47 bits per heavy atom. The van der Waals surface area contributed by atoms with E-state index in [0.717, 1.165) is 18.4 Å². The van der Waals surface area contributed by atoms with Crippen LogP contribution in [0.1, 0.15) is 18.9 Å². The molecule has 4 nitrogen and oxygen atoms in total. The molecule has 0 aromatic carbocycles. The van der Waals surface area contributed by atoms with Crippen molar-refractivity contribution in [2.24, 2.45) is 0 Å². The van der Waals surface area contributed by atoms with Crippen molar-refractivity contribution in [1.82, 2.24) is 4.98 Å². The van der Waals surface area contributed by atoms with E-state index in [1.165, 1.54) is 11.6 Å². The number of rotatable bonds is 7. The van der Waals surface area contributed by atoms with Crippen molar-refractivity contribution < 1.29 is 14.6 Å². The van der Waals surface area contributed by atoms with Gasteiger partial charge in [0, 0.05) is 25.1 Å². The molecule has 1 aromatic rings. The zero-order valence-electron chi connectivity index (χ0n) is 9.93. The van der Waals surface area contributed by atoms with Gasteiger partial charge in [-0.05, 0) is 43.0 Å². The van der Waals surface area contributed by atoms with E-state index < -0.39 is 5.97 Å². The zero-order valence-corrected chi connectivity index (χ0v) is 9.93. The Morgan fingerprint density at radius 3 is 2.82 bits per heavy atom. The molecule has 1 heterocycles. The SMILES string of the molecule is C/C(=C/C(=O)O)COCCCc1ccncc1. The summed E-state index contributed by atoms with van der Waals surface area (Å²) in [5.41, 5.74) is 1.96. The lowest BCUT2D eigenvalue weighted by Crippen LogP contribution is -2.01. The number of hydrogen-bond donors (Lipinski definition) is 1. The van der Waals surface area contributed by atoms with Crippen molar-refractivity contribution in [1.29, 1.82) is 0 Å². The summed E-state index contributed by atoms with van der Waals surface area (Å²) in [6, 6.07) is 3.96.